The van der Waals surface area contributed by atoms with Crippen molar-refractivity contribution in [3.63, 3.8) is 0 Å². The highest BCUT2D eigenvalue weighted by Crippen LogP contribution is 2.32. The number of esters is 2. The lowest BCUT2D eigenvalue weighted by Crippen LogP contribution is -2.17. The van der Waals surface area contributed by atoms with E-state index in [-0.39, 0.29) is 18.5 Å². The van der Waals surface area contributed by atoms with Gasteiger partial charge in [-0.3, -0.25) is 9.36 Å². The Kier molecular flexibility index (Phi) is 8.23. The Bertz CT molecular complexity index is 1410. The average molecular weight is 500 g/mol. The number of rotatable bonds is 10. The first kappa shape index (κ1) is 25.9. The van der Waals surface area contributed by atoms with Crippen molar-refractivity contribution >= 4 is 28.7 Å². The molecule has 192 valence electrons. The van der Waals surface area contributed by atoms with Gasteiger partial charge in [0, 0.05) is 23.4 Å². The zero-order valence-corrected chi connectivity index (χ0v) is 21.8. The molecule has 0 aliphatic rings. The standard InChI is InChI=1S/C30H33N3O4/c1-5-7-12-26-32-28-20(3)13-18-24(30(35)36-4)29(28)33(26)22-16-14-21(15-17-22)23-10-8-9-11-25(23)31-19-27(34)37-6-2/h8-11,13-18,31H,5-7,12,19H2,1-4H3. The fraction of sp³-hybridized carbons (Fsp3) is 0.300. The van der Waals surface area contributed by atoms with Gasteiger partial charge in [-0.2, -0.15) is 0 Å². The maximum atomic E-state index is 12.7. The summed E-state index contributed by atoms with van der Waals surface area (Å²) in [5.41, 5.74) is 6.83. The van der Waals surface area contributed by atoms with Crippen LogP contribution in [0.2, 0.25) is 0 Å². The number of ether oxygens (including phenoxy) is 2. The molecule has 0 unspecified atom stereocenters. The topological polar surface area (TPSA) is 82.5 Å². The van der Waals surface area contributed by atoms with Crippen LogP contribution in [0.15, 0.2) is 60.7 Å². The summed E-state index contributed by atoms with van der Waals surface area (Å²) in [4.78, 5) is 29.5. The van der Waals surface area contributed by atoms with Gasteiger partial charge in [-0.25, -0.2) is 9.78 Å². The minimum atomic E-state index is -0.383. The van der Waals surface area contributed by atoms with Gasteiger partial charge in [-0.15, -0.1) is 0 Å². The van der Waals surface area contributed by atoms with Gasteiger partial charge in [-0.05, 0) is 55.7 Å². The number of methoxy groups -OCH3 is 1. The van der Waals surface area contributed by atoms with Gasteiger partial charge in [-0.1, -0.05) is 49.7 Å². The van der Waals surface area contributed by atoms with Gasteiger partial charge >= 0.3 is 11.9 Å². The molecule has 37 heavy (non-hydrogen) atoms. The molecule has 0 saturated carbocycles. The molecule has 1 aromatic heterocycles. The van der Waals surface area contributed by atoms with Crippen molar-refractivity contribution in [3.8, 4) is 16.8 Å². The van der Waals surface area contributed by atoms with Crippen molar-refractivity contribution in [2.75, 3.05) is 25.6 Å². The van der Waals surface area contributed by atoms with E-state index in [1.807, 2.05) is 67.6 Å². The Morgan fingerprint density at radius 2 is 1.76 bits per heavy atom. The number of anilines is 1. The summed E-state index contributed by atoms with van der Waals surface area (Å²) >= 11 is 0. The van der Waals surface area contributed by atoms with Crippen molar-refractivity contribution in [1.82, 2.24) is 9.55 Å². The van der Waals surface area contributed by atoms with Crippen LogP contribution in [-0.2, 0) is 20.7 Å². The highest BCUT2D eigenvalue weighted by Gasteiger charge is 2.21. The Balaban J connectivity index is 1.77. The van der Waals surface area contributed by atoms with E-state index in [9.17, 15) is 9.59 Å². The van der Waals surface area contributed by atoms with Crippen LogP contribution in [0.4, 0.5) is 5.69 Å². The first-order valence-electron chi connectivity index (χ1n) is 12.7. The monoisotopic (exact) mass is 499 g/mol. The number of nitrogens with zero attached hydrogens (tertiary/aromatic N) is 2. The third kappa shape index (κ3) is 5.50. The molecule has 0 saturated heterocycles. The van der Waals surface area contributed by atoms with E-state index in [2.05, 4.69) is 16.8 Å². The third-order valence-electron chi connectivity index (χ3n) is 6.33. The van der Waals surface area contributed by atoms with Crippen LogP contribution in [0.25, 0.3) is 27.8 Å². The van der Waals surface area contributed by atoms with E-state index in [4.69, 9.17) is 14.5 Å². The Morgan fingerprint density at radius 3 is 2.46 bits per heavy atom. The van der Waals surface area contributed by atoms with Gasteiger partial charge in [0.15, 0.2) is 0 Å². The van der Waals surface area contributed by atoms with Crippen molar-refractivity contribution < 1.29 is 19.1 Å². The predicted octanol–water partition coefficient (Wildman–Crippen LogP) is 6.11. The molecule has 3 aromatic carbocycles. The van der Waals surface area contributed by atoms with Gasteiger partial charge < -0.3 is 14.8 Å². The molecule has 7 nitrogen and oxygen atoms in total. The molecule has 0 bridgehead atoms. The van der Waals surface area contributed by atoms with Crippen molar-refractivity contribution in [3.05, 3.63) is 77.6 Å². The maximum absolute atomic E-state index is 12.7. The first-order chi connectivity index (χ1) is 18.0. The van der Waals surface area contributed by atoms with Crippen LogP contribution >= 0.6 is 0 Å². The summed E-state index contributed by atoms with van der Waals surface area (Å²) in [6.07, 6.45) is 2.84. The van der Waals surface area contributed by atoms with Crippen LogP contribution in [0.3, 0.4) is 0 Å². The summed E-state index contributed by atoms with van der Waals surface area (Å²) in [7, 11) is 1.40. The Morgan fingerprint density at radius 1 is 1.00 bits per heavy atom. The maximum Gasteiger partial charge on any atom is 0.340 e. The quantitative estimate of drug-likeness (QED) is 0.265. The summed E-state index contributed by atoms with van der Waals surface area (Å²) in [5.74, 6) is 0.239. The second kappa shape index (κ2) is 11.7. The van der Waals surface area contributed by atoms with Gasteiger partial charge in [0.05, 0.1) is 30.3 Å². The predicted molar refractivity (Wildman–Crippen MR) is 146 cm³/mol. The zero-order chi connectivity index (χ0) is 26.4. The molecule has 1 N–H and O–H groups in total. The van der Waals surface area contributed by atoms with Gasteiger partial charge in [0.1, 0.15) is 12.4 Å². The lowest BCUT2D eigenvalue weighted by molar-refractivity contribution is -0.140. The number of aromatic nitrogens is 2. The van der Waals surface area contributed by atoms with E-state index >= 15 is 0 Å². The SMILES string of the molecule is CCCCc1nc2c(C)ccc(C(=O)OC)c2n1-c1ccc(-c2ccccc2NCC(=O)OCC)cc1. The number of imidazole rings is 1. The Labute approximate surface area is 217 Å². The van der Waals surface area contributed by atoms with Gasteiger partial charge in [0.2, 0.25) is 0 Å². The lowest BCUT2D eigenvalue weighted by atomic mass is 10.0. The second-order valence-corrected chi connectivity index (χ2v) is 8.84. The molecule has 1 heterocycles. The molecule has 0 amide bonds. The van der Waals surface area contributed by atoms with Crippen LogP contribution in [-0.4, -0.2) is 41.8 Å². The zero-order valence-electron chi connectivity index (χ0n) is 21.8. The highest BCUT2D eigenvalue weighted by atomic mass is 16.5. The average Bonchev–Trinajstić information content (AvgIpc) is 3.31. The van der Waals surface area contributed by atoms with Crippen molar-refractivity contribution in [2.24, 2.45) is 0 Å². The minimum absolute atomic E-state index is 0.0976. The summed E-state index contributed by atoms with van der Waals surface area (Å²) in [6, 6.07) is 19.8. The number of benzene rings is 3. The largest absolute Gasteiger partial charge is 0.465 e. The van der Waals surface area contributed by atoms with E-state index in [1.54, 1.807) is 6.92 Å². The lowest BCUT2D eigenvalue weighted by Gasteiger charge is -2.14. The molecule has 0 aliphatic carbocycles. The summed E-state index contributed by atoms with van der Waals surface area (Å²) in [6.45, 7) is 6.40. The number of para-hydroxylation sites is 1. The smallest absolute Gasteiger partial charge is 0.340 e. The number of carbonyl (C=O) groups is 2. The van der Waals surface area contributed by atoms with Crippen molar-refractivity contribution in [2.45, 2.75) is 40.0 Å². The molecule has 7 heteroatoms. The first-order valence-corrected chi connectivity index (χ1v) is 12.7. The highest BCUT2D eigenvalue weighted by molar-refractivity contribution is 6.03. The number of hydrogen-bond donors (Lipinski definition) is 1. The molecular weight excluding hydrogens is 466 g/mol. The number of fused-ring (bicyclic) bond motifs is 1. The molecule has 0 fully saturated rings. The van der Waals surface area contributed by atoms with Crippen molar-refractivity contribution in [1.29, 1.82) is 0 Å². The summed E-state index contributed by atoms with van der Waals surface area (Å²) in [5, 5.41) is 3.19. The van der Waals surface area contributed by atoms with Crippen LogP contribution in [0, 0.1) is 6.92 Å². The Hall–Kier alpha value is -4.13. The number of aryl methyl sites for hydroxylation is 2. The minimum Gasteiger partial charge on any atom is -0.465 e. The second-order valence-electron chi connectivity index (χ2n) is 8.84. The van der Waals surface area contributed by atoms with E-state index in [1.165, 1.54) is 7.11 Å². The van der Waals surface area contributed by atoms with Crippen LogP contribution in [0.5, 0.6) is 0 Å². The fourth-order valence-corrected chi connectivity index (χ4v) is 4.47. The number of hydrogen-bond acceptors (Lipinski definition) is 6. The molecule has 4 rings (SSSR count). The summed E-state index contributed by atoms with van der Waals surface area (Å²) < 4.78 is 12.2. The molecule has 0 radical (unpaired) electrons. The van der Waals surface area contributed by atoms with Gasteiger partial charge in [0.25, 0.3) is 0 Å². The van der Waals surface area contributed by atoms with E-state index < -0.39 is 0 Å². The molecule has 0 atom stereocenters. The fourth-order valence-electron chi connectivity index (χ4n) is 4.47. The number of carbonyl (C=O) groups excluding carboxylic acids is 2. The molecule has 0 spiro atoms. The number of unbranched alkanes of at least 4 members (excludes halogenated alkanes) is 1. The van der Waals surface area contributed by atoms with E-state index in [0.29, 0.717) is 12.2 Å². The number of nitrogens with one attached hydrogen (secondary N) is 1. The van der Waals surface area contributed by atoms with Crippen LogP contribution < -0.4 is 5.32 Å². The molecular formula is C30H33N3O4. The molecule has 0 aliphatic heterocycles. The molecule has 4 aromatic rings. The van der Waals surface area contributed by atoms with Crippen LogP contribution in [0.1, 0.15) is 48.4 Å². The van der Waals surface area contributed by atoms with E-state index in [0.717, 1.165) is 64.2 Å². The normalized spacial score (nSPS) is 10.9. The third-order valence-corrected chi connectivity index (χ3v) is 6.33.